The van der Waals surface area contributed by atoms with Crippen LogP contribution in [0.2, 0.25) is 0 Å². The average molecular weight is 518 g/mol. The van der Waals surface area contributed by atoms with E-state index in [-0.39, 0.29) is 36.1 Å². The van der Waals surface area contributed by atoms with Gasteiger partial charge in [0, 0.05) is 5.69 Å². The predicted molar refractivity (Wildman–Crippen MR) is 138 cm³/mol. The van der Waals surface area contributed by atoms with Crippen LogP contribution in [-0.2, 0) is 14.4 Å². The largest absolute Gasteiger partial charge is 0.490 e. The number of nitrogens with one attached hydrogen (secondary N) is 2. The van der Waals surface area contributed by atoms with Crippen LogP contribution in [0.1, 0.15) is 18.1 Å². The molecule has 38 heavy (non-hydrogen) atoms. The number of carbonyl (C=O) groups is 4. The molecule has 3 aromatic carbocycles. The van der Waals surface area contributed by atoms with Crippen molar-refractivity contribution in [2.45, 2.75) is 13.8 Å². The third-order valence-corrected chi connectivity index (χ3v) is 5.54. The summed E-state index contributed by atoms with van der Waals surface area (Å²) in [5.74, 6) is -2.05. The molecule has 0 saturated carbocycles. The van der Waals surface area contributed by atoms with Crippen LogP contribution in [0.4, 0.5) is 20.6 Å². The van der Waals surface area contributed by atoms with Gasteiger partial charge in [-0.2, -0.15) is 0 Å². The zero-order chi connectivity index (χ0) is 27.2. The lowest BCUT2D eigenvalue weighted by atomic mass is 10.1. The van der Waals surface area contributed by atoms with Crippen molar-refractivity contribution in [2.24, 2.45) is 0 Å². The number of aryl methyl sites for hydroxylation is 1. The van der Waals surface area contributed by atoms with Gasteiger partial charge in [-0.1, -0.05) is 24.3 Å². The number of amides is 5. The first-order chi connectivity index (χ1) is 18.3. The molecule has 5 amide bonds. The predicted octanol–water partition coefficient (Wildman–Crippen LogP) is 4.22. The maximum Gasteiger partial charge on any atom is 0.335 e. The van der Waals surface area contributed by atoms with E-state index in [1.165, 1.54) is 18.2 Å². The van der Waals surface area contributed by atoms with E-state index in [1.54, 1.807) is 31.2 Å². The van der Waals surface area contributed by atoms with Gasteiger partial charge >= 0.3 is 6.03 Å². The smallest absolute Gasteiger partial charge is 0.335 e. The standard InChI is InChI=1S/C28H24FN3O6/c1-3-37-24-15-18(8-13-23(24)38-16-25(33)30-22-7-5-4-6-17(22)2)14-21-26(34)31-28(36)32(27(21)35)20-11-9-19(29)10-12-20/h4-15H,3,16H2,1-2H3,(H,30,33)(H,31,34,36)/b21-14+. The van der Waals surface area contributed by atoms with Crippen molar-refractivity contribution < 1.29 is 33.0 Å². The molecule has 2 N–H and O–H groups in total. The zero-order valence-electron chi connectivity index (χ0n) is 20.6. The molecule has 1 aliphatic rings. The number of barbiturate groups is 1. The van der Waals surface area contributed by atoms with Gasteiger partial charge in [0.2, 0.25) is 0 Å². The molecule has 3 aromatic rings. The highest BCUT2D eigenvalue weighted by molar-refractivity contribution is 6.39. The van der Waals surface area contributed by atoms with Crippen molar-refractivity contribution in [2.75, 3.05) is 23.4 Å². The van der Waals surface area contributed by atoms with E-state index in [0.717, 1.165) is 22.6 Å². The number of hydrogen-bond acceptors (Lipinski definition) is 6. The van der Waals surface area contributed by atoms with Crippen LogP contribution in [0.25, 0.3) is 6.08 Å². The van der Waals surface area contributed by atoms with Gasteiger partial charge < -0.3 is 14.8 Å². The lowest BCUT2D eigenvalue weighted by molar-refractivity contribution is -0.122. The molecule has 0 bridgehead atoms. The second-order valence-electron chi connectivity index (χ2n) is 8.23. The summed E-state index contributed by atoms with van der Waals surface area (Å²) in [5, 5.41) is 4.90. The first kappa shape index (κ1) is 26.1. The number of nitrogens with zero attached hydrogens (tertiary/aromatic N) is 1. The molecule has 1 aliphatic heterocycles. The van der Waals surface area contributed by atoms with Crippen LogP contribution in [0.15, 0.2) is 72.3 Å². The minimum Gasteiger partial charge on any atom is -0.490 e. The molecular weight excluding hydrogens is 493 g/mol. The molecule has 1 heterocycles. The van der Waals surface area contributed by atoms with Crippen molar-refractivity contribution in [3.05, 3.63) is 89.2 Å². The number of carbonyl (C=O) groups excluding carboxylic acids is 4. The summed E-state index contributed by atoms with van der Waals surface area (Å²) < 4.78 is 24.6. The molecular formula is C28H24FN3O6. The van der Waals surface area contributed by atoms with Crippen LogP contribution in [0, 0.1) is 12.7 Å². The van der Waals surface area contributed by atoms with E-state index >= 15 is 0 Å². The van der Waals surface area contributed by atoms with E-state index < -0.39 is 23.7 Å². The van der Waals surface area contributed by atoms with E-state index in [9.17, 15) is 23.6 Å². The van der Waals surface area contributed by atoms with Crippen LogP contribution >= 0.6 is 0 Å². The highest BCUT2D eigenvalue weighted by atomic mass is 19.1. The first-order valence-electron chi connectivity index (χ1n) is 11.7. The maximum atomic E-state index is 13.3. The van der Waals surface area contributed by atoms with Crippen molar-refractivity contribution in [1.29, 1.82) is 0 Å². The summed E-state index contributed by atoms with van der Waals surface area (Å²) in [4.78, 5) is 51.0. The highest BCUT2D eigenvalue weighted by Crippen LogP contribution is 2.30. The average Bonchev–Trinajstić information content (AvgIpc) is 2.88. The van der Waals surface area contributed by atoms with Crippen molar-refractivity contribution in [3.63, 3.8) is 0 Å². The number of para-hydroxylation sites is 1. The normalized spacial score (nSPS) is 14.3. The molecule has 0 unspecified atom stereocenters. The quantitative estimate of drug-likeness (QED) is 0.342. The third-order valence-electron chi connectivity index (χ3n) is 5.54. The fourth-order valence-electron chi connectivity index (χ4n) is 3.69. The van der Waals surface area contributed by atoms with Gasteiger partial charge in [-0.3, -0.25) is 19.7 Å². The van der Waals surface area contributed by atoms with Gasteiger partial charge in [-0.15, -0.1) is 0 Å². The molecule has 194 valence electrons. The van der Waals surface area contributed by atoms with E-state index in [2.05, 4.69) is 10.6 Å². The Bertz CT molecular complexity index is 1430. The Hall–Kier alpha value is -4.99. The Kier molecular flexibility index (Phi) is 7.81. The molecule has 0 aromatic heterocycles. The summed E-state index contributed by atoms with van der Waals surface area (Å²) in [7, 11) is 0. The minimum atomic E-state index is -0.938. The number of anilines is 2. The Morgan fingerprint density at radius 1 is 1.00 bits per heavy atom. The number of imide groups is 2. The third kappa shape index (κ3) is 5.86. The molecule has 0 spiro atoms. The summed E-state index contributed by atoms with van der Waals surface area (Å²) in [6.45, 7) is 3.66. The van der Waals surface area contributed by atoms with E-state index in [4.69, 9.17) is 9.47 Å². The summed E-state index contributed by atoms with van der Waals surface area (Å²) in [5.41, 5.74) is 1.81. The van der Waals surface area contributed by atoms with Gasteiger partial charge in [0.05, 0.1) is 12.3 Å². The Labute approximate surface area is 217 Å². The van der Waals surface area contributed by atoms with Crippen molar-refractivity contribution in [3.8, 4) is 11.5 Å². The maximum absolute atomic E-state index is 13.3. The number of rotatable bonds is 8. The molecule has 0 radical (unpaired) electrons. The van der Waals surface area contributed by atoms with Crippen LogP contribution < -0.4 is 25.0 Å². The van der Waals surface area contributed by atoms with E-state index in [1.807, 2.05) is 25.1 Å². The van der Waals surface area contributed by atoms with Gasteiger partial charge in [-0.25, -0.2) is 14.1 Å². The molecule has 10 heteroatoms. The van der Waals surface area contributed by atoms with E-state index in [0.29, 0.717) is 17.0 Å². The second kappa shape index (κ2) is 11.4. The van der Waals surface area contributed by atoms with Gasteiger partial charge in [0.25, 0.3) is 17.7 Å². The number of ether oxygens (including phenoxy) is 2. The minimum absolute atomic E-state index is 0.107. The number of halogens is 1. The fourth-order valence-corrected chi connectivity index (χ4v) is 3.69. The number of urea groups is 1. The number of hydrogen-bond donors (Lipinski definition) is 2. The lowest BCUT2D eigenvalue weighted by Crippen LogP contribution is -2.54. The monoisotopic (exact) mass is 517 g/mol. The second-order valence-corrected chi connectivity index (χ2v) is 8.23. The molecule has 9 nitrogen and oxygen atoms in total. The Morgan fingerprint density at radius 2 is 1.74 bits per heavy atom. The molecule has 0 aliphatic carbocycles. The summed E-state index contributed by atoms with van der Waals surface area (Å²) in [6, 6.07) is 15.8. The van der Waals surface area contributed by atoms with Crippen molar-refractivity contribution in [1.82, 2.24) is 5.32 Å². The van der Waals surface area contributed by atoms with Crippen LogP contribution in [0.5, 0.6) is 11.5 Å². The first-order valence-corrected chi connectivity index (χ1v) is 11.7. The summed E-state index contributed by atoms with van der Waals surface area (Å²) >= 11 is 0. The van der Waals surface area contributed by atoms with Crippen LogP contribution in [0.3, 0.4) is 0 Å². The highest BCUT2D eigenvalue weighted by Gasteiger charge is 2.36. The molecule has 1 fully saturated rings. The zero-order valence-corrected chi connectivity index (χ0v) is 20.6. The Balaban J connectivity index is 1.53. The molecule has 0 atom stereocenters. The Morgan fingerprint density at radius 3 is 2.45 bits per heavy atom. The SMILES string of the molecule is CCOc1cc(/C=C2\C(=O)NC(=O)N(c3ccc(F)cc3)C2=O)ccc1OCC(=O)Nc1ccccc1C. The van der Waals surface area contributed by atoms with Crippen LogP contribution in [-0.4, -0.2) is 37.0 Å². The number of benzene rings is 3. The molecule has 1 saturated heterocycles. The van der Waals surface area contributed by atoms with Gasteiger partial charge in [0.15, 0.2) is 18.1 Å². The lowest BCUT2D eigenvalue weighted by Gasteiger charge is -2.26. The molecule has 4 rings (SSSR count). The summed E-state index contributed by atoms with van der Waals surface area (Å²) in [6.07, 6.45) is 1.30. The van der Waals surface area contributed by atoms with Crippen molar-refractivity contribution >= 4 is 41.2 Å². The topological polar surface area (TPSA) is 114 Å². The fraction of sp³-hybridized carbons (Fsp3) is 0.143. The van der Waals surface area contributed by atoms with Gasteiger partial charge in [0.1, 0.15) is 11.4 Å². The van der Waals surface area contributed by atoms with Gasteiger partial charge in [-0.05, 0) is 73.5 Å².